The monoisotopic (exact) mass is 368 g/mol. The highest BCUT2D eigenvalue weighted by atomic mass is 35.5. The Morgan fingerprint density at radius 3 is 2.96 bits per heavy atom. The quantitative estimate of drug-likeness (QED) is 0.785. The smallest absolute Gasteiger partial charge is 0.307 e. The van der Waals surface area contributed by atoms with E-state index >= 15 is 0 Å². The molecule has 0 aromatic carbocycles. The van der Waals surface area contributed by atoms with Crippen LogP contribution in [0.25, 0.3) is 0 Å². The highest BCUT2D eigenvalue weighted by molar-refractivity contribution is 5.87. The summed E-state index contributed by atoms with van der Waals surface area (Å²) < 4.78 is 7.60. The lowest BCUT2D eigenvalue weighted by molar-refractivity contribution is -0.153. The van der Waals surface area contributed by atoms with Crippen molar-refractivity contribution in [2.45, 2.75) is 63.8 Å². The second-order valence-electron chi connectivity index (χ2n) is 7.10. The molecule has 1 saturated heterocycles. The van der Waals surface area contributed by atoms with E-state index in [9.17, 15) is 9.59 Å². The average Bonchev–Trinajstić information content (AvgIpc) is 3.14. The van der Waals surface area contributed by atoms with Crippen molar-refractivity contribution in [1.29, 1.82) is 0 Å². The van der Waals surface area contributed by atoms with Crippen molar-refractivity contribution in [3.8, 4) is 0 Å². The van der Waals surface area contributed by atoms with Crippen molar-refractivity contribution in [1.82, 2.24) is 20.4 Å². The first-order valence-corrected chi connectivity index (χ1v) is 8.92. The van der Waals surface area contributed by atoms with Gasteiger partial charge in [0, 0.05) is 13.1 Å². The fourth-order valence-electron chi connectivity index (χ4n) is 4.26. The minimum absolute atomic E-state index is 0. The van der Waals surface area contributed by atoms with E-state index in [0.717, 1.165) is 63.1 Å². The van der Waals surface area contributed by atoms with Gasteiger partial charge in [0.25, 0.3) is 0 Å². The van der Waals surface area contributed by atoms with Crippen LogP contribution in [0.15, 0.2) is 6.07 Å². The first-order chi connectivity index (χ1) is 11.7. The van der Waals surface area contributed by atoms with Crippen molar-refractivity contribution in [2.75, 3.05) is 6.54 Å². The number of nitrogens with zero attached hydrogens (tertiary/aromatic N) is 2. The predicted octanol–water partition coefficient (Wildman–Crippen LogP) is 1.29. The third kappa shape index (κ3) is 3.53. The maximum Gasteiger partial charge on any atom is 0.307 e. The fourth-order valence-corrected chi connectivity index (χ4v) is 4.26. The number of carbonyl (C=O) groups is 2. The molecule has 1 aromatic heterocycles. The van der Waals surface area contributed by atoms with Crippen LogP contribution < -0.4 is 10.6 Å². The molecular formula is C17H25ClN4O3. The zero-order valence-electron chi connectivity index (χ0n) is 14.3. The molecule has 0 bridgehead atoms. The molecule has 138 valence electrons. The second kappa shape index (κ2) is 7.33. The first-order valence-electron chi connectivity index (χ1n) is 8.92. The summed E-state index contributed by atoms with van der Waals surface area (Å²) in [6, 6.07) is 2.03. The molecule has 2 aliphatic heterocycles. The molecule has 2 fully saturated rings. The Bertz CT molecular complexity index is 631. The molecule has 1 saturated carbocycles. The van der Waals surface area contributed by atoms with Crippen LogP contribution in [0.2, 0.25) is 0 Å². The number of hydrogen-bond acceptors (Lipinski definition) is 5. The number of carbonyl (C=O) groups excluding carboxylic acids is 2. The molecule has 1 spiro atoms. The van der Waals surface area contributed by atoms with Gasteiger partial charge in [-0.3, -0.25) is 14.3 Å². The SMILES string of the molecule is Cl.O=C1CC(C(=O)NCc2cc3n(n2)CCNC3)C2(CCCCC2)O1. The third-order valence-corrected chi connectivity index (χ3v) is 5.50. The molecule has 8 heteroatoms. The van der Waals surface area contributed by atoms with Gasteiger partial charge in [-0.25, -0.2) is 0 Å². The number of fused-ring (bicyclic) bond motifs is 1. The van der Waals surface area contributed by atoms with Gasteiger partial charge in [-0.05, 0) is 31.7 Å². The summed E-state index contributed by atoms with van der Waals surface area (Å²) in [4.78, 5) is 24.5. The molecule has 7 nitrogen and oxygen atoms in total. The zero-order valence-corrected chi connectivity index (χ0v) is 15.1. The van der Waals surface area contributed by atoms with Crippen LogP contribution in [0.5, 0.6) is 0 Å². The Balaban J connectivity index is 0.00000182. The number of esters is 1. The molecule has 0 radical (unpaired) electrons. The van der Waals surface area contributed by atoms with Crippen LogP contribution in [0.3, 0.4) is 0 Å². The van der Waals surface area contributed by atoms with E-state index in [-0.39, 0.29) is 36.6 Å². The molecule has 1 amide bonds. The molecule has 1 aromatic rings. The molecule has 25 heavy (non-hydrogen) atoms. The van der Waals surface area contributed by atoms with Crippen LogP contribution >= 0.6 is 12.4 Å². The molecule has 4 rings (SSSR count). The normalized spacial score (nSPS) is 24.3. The second-order valence-corrected chi connectivity index (χ2v) is 7.10. The van der Waals surface area contributed by atoms with Crippen molar-refractivity contribution >= 4 is 24.3 Å². The summed E-state index contributed by atoms with van der Waals surface area (Å²) in [6.45, 7) is 3.00. The van der Waals surface area contributed by atoms with Crippen LogP contribution in [0, 0.1) is 5.92 Å². The number of hydrogen-bond donors (Lipinski definition) is 2. The largest absolute Gasteiger partial charge is 0.458 e. The number of aromatic nitrogens is 2. The van der Waals surface area contributed by atoms with E-state index in [0.29, 0.717) is 6.54 Å². The minimum atomic E-state index is -0.559. The predicted molar refractivity (Wildman–Crippen MR) is 93.0 cm³/mol. The van der Waals surface area contributed by atoms with E-state index in [4.69, 9.17) is 4.74 Å². The summed E-state index contributed by atoms with van der Waals surface area (Å²) in [5.41, 5.74) is 1.45. The van der Waals surface area contributed by atoms with Crippen LogP contribution in [0.4, 0.5) is 0 Å². The minimum Gasteiger partial charge on any atom is -0.458 e. The molecule has 1 atom stereocenters. The van der Waals surface area contributed by atoms with Crippen molar-refractivity contribution < 1.29 is 14.3 Å². The average molecular weight is 369 g/mol. The summed E-state index contributed by atoms with van der Waals surface area (Å²) in [5.74, 6) is -0.670. The third-order valence-electron chi connectivity index (χ3n) is 5.50. The van der Waals surface area contributed by atoms with E-state index in [1.54, 1.807) is 0 Å². The summed E-state index contributed by atoms with van der Waals surface area (Å²) in [5, 5.41) is 10.8. The van der Waals surface area contributed by atoms with Crippen molar-refractivity contribution in [3.05, 3.63) is 17.5 Å². The Kier molecular flexibility index (Phi) is 5.34. The van der Waals surface area contributed by atoms with Crippen LogP contribution in [-0.4, -0.2) is 33.8 Å². The maximum atomic E-state index is 12.7. The number of ether oxygens (including phenoxy) is 1. The Morgan fingerprint density at radius 2 is 2.20 bits per heavy atom. The molecule has 2 N–H and O–H groups in total. The summed E-state index contributed by atoms with van der Waals surface area (Å²) >= 11 is 0. The van der Waals surface area contributed by atoms with Gasteiger partial charge in [-0.2, -0.15) is 5.10 Å². The van der Waals surface area contributed by atoms with Gasteiger partial charge in [-0.15, -0.1) is 12.4 Å². The van der Waals surface area contributed by atoms with Gasteiger partial charge in [0.15, 0.2) is 0 Å². The standard InChI is InChI=1S/C17H24N4O3.ClH/c22-15-9-14(17(24-15)4-2-1-3-5-17)16(23)19-10-12-8-13-11-18-6-7-21(13)20-12;/h8,14,18H,1-7,9-11H2,(H,19,23);1H. The molecule has 3 aliphatic rings. The van der Waals surface area contributed by atoms with E-state index in [1.807, 2.05) is 10.7 Å². The Morgan fingerprint density at radius 1 is 1.40 bits per heavy atom. The van der Waals surface area contributed by atoms with Gasteiger partial charge in [0.2, 0.25) is 5.91 Å². The number of nitrogens with one attached hydrogen (secondary N) is 2. The van der Waals surface area contributed by atoms with Gasteiger partial charge >= 0.3 is 5.97 Å². The summed E-state index contributed by atoms with van der Waals surface area (Å²) in [7, 11) is 0. The Hall–Kier alpha value is -1.60. The number of halogens is 1. The van der Waals surface area contributed by atoms with Gasteiger partial charge in [0.05, 0.1) is 36.8 Å². The van der Waals surface area contributed by atoms with Crippen LogP contribution in [-0.2, 0) is 34.0 Å². The summed E-state index contributed by atoms with van der Waals surface area (Å²) in [6.07, 6.45) is 5.02. The van der Waals surface area contributed by atoms with E-state index in [2.05, 4.69) is 15.7 Å². The van der Waals surface area contributed by atoms with E-state index < -0.39 is 5.60 Å². The lowest BCUT2D eigenvalue weighted by atomic mass is 9.75. The van der Waals surface area contributed by atoms with Gasteiger partial charge < -0.3 is 15.4 Å². The van der Waals surface area contributed by atoms with Crippen molar-refractivity contribution in [2.24, 2.45) is 5.92 Å². The Labute approximate surface area is 153 Å². The molecular weight excluding hydrogens is 344 g/mol. The molecule has 3 heterocycles. The molecule has 1 aliphatic carbocycles. The van der Waals surface area contributed by atoms with Crippen molar-refractivity contribution in [3.63, 3.8) is 0 Å². The fraction of sp³-hybridized carbons (Fsp3) is 0.706. The lowest BCUT2D eigenvalue weighted by Gasteiger charge is -2.35. The first kappa shape index (κ1) is 18.2. The van der Waals surface area contributed by atoms with Gasteiger partial charge in [0.1, 0.15) is 5.60 Å². The topological polar surface area (TPSA) is 85.2 Å². The maximum absolute atomic E-state index is 12.7. The zero-order chi connectivity index (χ0) is 16.6. The van der Waals surface area contributed by atoms with Crippen LogP contribution in [0.1, 0.15) is 49.9 Å². The van der Waals surface area contributed by atoms with Gasteiger partial charge in [-0.1, -0.05) is 6.42 Å². The lowest BCUT2D eigenvalue weighted by Crippen LogP contribution is -2.45. The number of amides is 1. The number of rotatable bonds is 3. The highest BCUT2D eigenvalue weighted by Crippen LogP contribution is 2.44. The highest BCUT2D eigenvalue weighted by Gasteiger charge is 2.52. The molecule has 1 unspecified atom stereocenters. The van der Waals surface area contributed by atoms with E-state index in [1.165, 1.54) is 0 Å².